The van der Waals surface area contributed by atoms with E-state index in [-0.39, 0.29) is 23.0 Å². The Morgan fingerprint density at radius 3 is 2.48 bits per heavy atom. The fourth-order valence-electron chi connectivity index (χ4n) is 2.25. The number of aliphatic hydroxyl groups excluding tert-OH is 1. The summed E-state index contributed by atoms with van der Waals surface area (Å²) >= 11 is 3.30. The molecule has 0 saturated carbocycles. The summed E-state index contributed by atoms with van der Waals surface area (Å²) in [4.78, 5) is 3.86. The van der Waals surface area contributed by atoms with Gasteiger partial charge in [0.25, 0.3) is 10.0 Å². The summed E-state index contributed by atoms with van der Waals surface area (Å²) in [6, 6.07) is 8.81. The predicted octanol–water partition coefficient (Wildman–Crippen LogP) is 0.686. The highest BCUT2D eigenvalue weighted by Gasteiger charge is 2.24. The predicted molar refractivity (Wildman–Crippen MR) is 91.6 cm³/mol. The lowest BCUT2D eigenvalue weighted by atomic mass is 10.1. The summed E-state index contributed by atoms with van der Waals surface area (Å²) in [5, 5.41) is 25.5. The van der Waals surface area contributed by atoms with Crippen LogP contribution in [0.2, 0.25) is 0 Å². The number of aliphatic hydroxyl groups is 1. The molecule has 0 aliphatic carbocycles. The van der Waals surface area contributed by atoms with Crippen LogP contribution < -0.4 is 5.14 Å². The van der Waals surface area contributed by atoms with Crippen molar-refractivity contribution >= 4 is 26.0 Å². The third kappa shape index (κ3) is 3.74. The van der Waals surface area contributed by atoms with Crippen molar-refractivity contribution in [3.63, 3.8) is 0 Å². The Morgan fingerprint density at radius 1 is 1.16 bits per heavy atom. The van der Waals surface area contributed by atoms with E-state index in [2.05, 4.69) is 36.4 Å². The van der Waals surface area contributed by atoms with Crippen LogP contribution in [0.15, 0.2) is 46.0 Å². The van der Waals surface area contributed by atoms with Gasteiger partial charge in [0.2, 0.25) is 0 Å². The molecule has 0 saturated heterocycles. The van der Waals surface area contributed by atoms with Crippen molar-refractivity contribution in [3.05, 3.63) is 52.1 Å². The van der Waals surface area contributed by atoms with Crippen molar-refractivity contribution in [2.24, 2.45) is 5.14 Å². The zero-order valence-corrected chi connectivity index (χ0v) is 15.1. The van der Waals surface area contributed by atoms with Crippen LogP contribution in [0.1, 0.15) is 11.1 Å². The number of nitrogens with zero attached hydrogens (tertiary/aromatic N) is 5. The molecule has 0 amide bonds. The molecule has 1 aromatic carbocycles. The van der Waals surface area contributed by atoms with Gasteiger partial charge in [0, 0.05) is 10.7 Å². The minimum Gasteiger partial charge on any atom is -0.392 e. The van der Waals surface area contributed by atoms with Crippen LogP contribution in [0.3, 0.4) is 0 Å². The van der Waals surface area contributed by atoms with Crippen LogP contribution in [0.5, 0.6) is 0 Å². The van der Waals surface area contributed by atoms with Gasteiger partial charge in [0.15, 0.2) is 10.9 Å². The molecule has 0 aliphatic rings. The molecule has 0 spiro atoms. The lowest BCUT2D eigenvalue weighted by Crippen LogP contribution is -2.17. The van der Waals surface area contributed by atoms with Gasteiger partial charge in [-0.05, 0) is 43.5 Å². The molecule has 3 aromatic rings. The van der Waals surface area contributed by atoms with Gasteiger partial charge in [-0.1, -0.05) is 24.3 Å². The lowest BCUT2D eigenvalue weighted by Gasteiger charge is -2.10. The second-order valence-electron chi connectivity index (χ2n) is 5.15. The molecule has 2 heterocycles. The molecule has 0 radical (unpaired) electrons. The number of rotatable bonds is 5. The van der Waals surface area contributed by atoms with Crippen molar-refractivity contribution in [1.29, 1.82) is 0 Å². The van der Waals surface area contributed by atoms with E-state index in [4.69, 9.17) is 10.2 Å². The van der Waals surface area contributed by atoms with Crippen LogP contribution in [0.25, 0.3) is 11.4 Å². The van der Waals surface area contributed by atoms with Gasteiger partial charge < -0.3 is 5.11 Å². The Hall–Kier alpha value is -2.21. The molecule has 2 aromatic heterocycles. The molecule has 0 unspecified atom stereocenters. The van der Waals surface area contributed by atoms with Crippen LogP contribution in [0.4, 0.5) is 0 Å². The van der Waals surface area contributed by atoms with Crippen molar-refractivity contribution < 1.29 is 13.5 Å². The van der Waals surface area contributed by atoms with E-state index in [1.807, 2.05) is 12.1 Å². The van der Waals surface area contributed by atoms with E-state index in [1.165, 1.54) is 10.9 Å². The van der Waals surface area contributed by atoms with E-state index < -0.39 is 10.0 Å². The molecular weight excluding hydrogens is 412 g/mol. The number of sulfonamides is 1. The summed E-state index contributed by atoms with van der Waals surface area (Å²) in [5.74, 6) is 0.218. The molecule has 11 heteroatoms. The van der Waals surface area contributed by atoms with E-state index >= 15 is 0 Å². The molecule has 0 aliphatic heterocycles. The average molecular weight is 425 g/mol. The van der Waals surface area contributed by atoms with Crippen molar-refractivity contribution in [1.82, 2.24) is 25.2 Å². The normalized spacial score (nSPS) is 11.6. The molecular formula is C14H13BrN6O3S. The third-order valence-electron chi connectivity index (χ3n) is 3.43. The first-order valence-corrected chi connectivity index (χ1v) is 9.36. The topological polar surface area (TPSA) is 137 Å². The summed E-state index contributed by atoms with van der Waals surface area (Å²) in [6.07, 6.45) is 1.33. The van der Waals surface area contributed by atoms with E-state index in [0.29, 0.717) is 11.0 Å². The standard InChI is InChI=1S/C14H13BrN6O3S/c15-11-5-6-17-14(25(16,23)24)12(11)13-18-19-20-21(13)7-9-1-3-10(8-22)4-2-9/h1-6,22H,7-8H2,(H2,16,23,24). The first-order chi connectivity index (χ1) is 11.9. The van der Waals surface area contributed by atoms with E-state index in [9.17, 15) is 8.42 Å². The number of primary sulfonamides is 1. The van der Waals surface area contributed by atoms with Gasteiger partial charge in [-0.2, -0.15) is 0 Å². The van der Waals surface area contributed by atoms with Gasteiger partial charge in [-0.3, -0.25) is 0 Å². The Balaban J connectivity index is 2.05. The number of aromatic nitrogens is 5. The third-order valence-corrected chi connectivity index (χ3v) is 4.94. The number of benzene rings is 1. The van der Waals surface area contributed by atoms with Crippen molar-refractivity contribution in [2.75, 3.05) is 0 Å². The largest absolute Gasteiger partial charge is 0.392 e. The summed E-state index contributed by atoms with van der Waals surface area (Å²) in [5.41, 5.74) is 1.86. The molecule has 0 atom stereocenters. The van der Waals surface area contributed by atoms with E-state index in [0.717, 1.165) is 11.1 Å². The second kappa shape index (κ2) is 6.96. The molecule has 3 rings (SSSR count). The maximum Gasteiger partial charge on any atom is 0.256 e. The van der Waals surface area contributed by atoms with Gasteiger partial charge >= 0.3 is 0 Å². The Kier molecular flexibility index (Phi) is 4.90. The number of hydrogen-bond donors (Lipinski definition) is 2. The van der Waals surface area contributed by atoms with Crippen LogP contribution in [0, 0.1) is 0 Å². The highest BCUT2D eigenvalue weighted by molar-refractivity contribution is 9.10. The highest BCUT2D eigenvalue weighted by Crippen LogP contribution is 2.30. The zero-order valence-electron chi connectivity index (χ0n) is 12.7. The van der Waals surface area contributed by atoms with Crippen LogP contribution in [-0.2, 0) is 23.2 Å². The Labute approximate surface area is 151 Å². The van der Waals surface area contributed by atoms with Crippen LogP contribution >= 0.6 is 15.9 Å². The molecule has 130 valence electrons. The molecule has 25 heavy (non-hydrogen) atoms. The molecule has 9 nitrogen and oxygen atoms in total. The fourth-order valence-corrected chi connectivity index (χ4v) is 3.56. The van der Waals surface area contributed by atoms with Gasteiger partial charge in [0.1, 0.15) is 0 Å². The minimum absolute atomic E-state index is 0.0449. The number of nitrogens with two attached hydrogens (primary N) is 1. The highest BCUT2D eigenvalue weighted by atomic mass is 79.9. The Morgan fingerprint density at radius 2 is 1.84 bits per heavy atom. The number of hydrogen-bond acceptors (Lipinski definition) is 7. The van der Waals surface area contributed by atoms with E-state index in [1.54, 1.807) is 18.2 Å². The van der Waals surface area contributed by atoms with Gasteiger partial charge in [-0.25, -0.2) is 23.2 Å². The van der Waals surface area contributed by atoms with Crippen molar-refractivity contribution in [2.45, 2.75) is 18.2 Å². The summed E-state index contributed by atoms with van der Waals surface area (Å²) < 4.78 is 25.6. The van der Waals surface area contributed by atoms with Crippen molar-refractivity contribution in [3.8, 4) is 11.4 Å². The zero-order chi connectivity index (χ0) is 18.0. The maximum absolute atomic E-state index is 11.8. The minimum atomic E-state index is -4.06. The monoisotopic (exact) mass is 424 g/mol. The number of halogens is 1. The number of tetrazole rings is 1. The van der Waals surface area contributed by atoms with Gasteiger partial charge in [0.05, 0.1) is 18.7 Å². The first kappa shape index (κ1) is 17.6. The lowest BCUT2D eigenvalue weighted by molar-refractivity contribution is 0.282. The summed E-state index contributed by atoms with van der Waals surface area (Å²) in [7, 11) is -4.06. The summed E-state index contributed by atoms with van der Waals surface area (Å²) in [6.45, 7) is 0.260. The number of pyridine rings is 1. The molecule has 3 N–H and O–H groups in total. The second-order valence-corrected chi connectivity index (χ2v) is 7.48. The van der Waals surface area contributed by atoms with Crippen LogP contribution in [-0.4, -0.2) is 38.7 Å². The first-order valence-electron chi connectivity index (χ1n) is 7.02. The quantitative estimate of drug-likeness (QED) is 0.614. The molecule has 0 fully saturated rings. The Bertz CT molecular complexity index is 1000. The fraction of sp³-hybridized carbons (Fsp3) is 0.143. The van der Waals surface area contributed by atoms with Gasteiger partial charge in [-0.15, -0.1) is 5.10 Å². The molecule has 0 bridgehead atoms. The smallest absolute Gasteiger partial charge is 0.256 e. The SMILES string of the molecule is NS(=O)(=O)c1nccc(Br)c1-c1nnnn1Cc1ccc(CO)cc1. The average Bonchev–Trinajstić information content (AvgIpc) is 3.02. The maximum atomic E-state index is 11.8.